The van der Waals surface area contributed by atoms with Crippen molar-refractivity contribution in [1.29, 1.82) is 0 Å². The zero-order valence-corrected chi connectivity index (χ0v) is 10.8. The number of amides is 2. The number of hydrogen-bond donors (Lipinski definition) is 3. The minimum atomic E-state index is -1.12. The molecule has 0 heterocycles. The zero-order valence-electron chi connectivity index (χ0n) is 9.93. The Bertz CT molecular complexity index is 319. The number of aliphatic carboxylic acids is 1. The zero-order chi connectivity index (χ0) is 13.4. The predicted molar refractivity (Wildman–Crippen MR) is 66.3 cm³/mol. The van der Waals surface area contributed by atoms with E-state index in [1.54, 1.807) is 6.92 Å². The smallest absolute Gasteiger partial charge is 0.326 e. The van der Waals surface area contributed by atoms with Crippen LogP contribution in [0.4, 0.5) is 4.79 Å². The van der Waals surface area contributed by atoms with Crippen LogP contribution in [0.15, 0.2) is 12.7 Å². The van der Waals surface area contributed by atoms with Gasteiger partial charge in [-0.2, -0.15) is 0 Å². The fraction of sp³-hybridized carbons (Fsp3) is 0.600. The van der Waals surface area contributed by atoms with E-state index >= 15 is 0 Å². The highest BCUT2D eigenvalue weighted by Gasteiger charge is 2.19. The van der Waals surface area contributed by atoms with Crippen molar-refractivity contribution in [2.45, 2.75) is 25.4 Å². The molecule has 0 aliphatic heterocycles. The highest BCUT2D eigenvalue weighted by molar-refractivity contribution is 7.84. The number of nitrogens with one attached hydrogen (secondary N) is 2. The number of rotatable bonds is 7. The standard InChI is InChI=1S/C10H18N2O4S/c1-4-5-8(9(13)14)12-10(15)11-7(2)6-17(3)16/h4,7-8H,1,5-6H2,2-3H3,(H,13,14)(H2,11,12,15). The summed E-state index contributed by atoms with van der Waals surface area (Å²) in [5, 5.41) is 13.6. The van der Waals surface area contributed by atoms with Crippen molar-refractivity contribution in [1.82, 2.24) is 10.6 Å². The summed E-state index contributed by atoms with van der Waals surface area (Å²) in [7, 11) is -1.01. The second-order valence-electron chi connectivity index (χ2n) is 3.67. The molecule has 0 fully saturated rings. The van der Waals surface area contributed by atoms with Crippen molar-refractivity contribution >= 4 is 22.8 Å². The molecule has 2 amide bonds. The number of carboxylic acids is 1. The Hall–Kier alpha value is -1.37. The molecule has 3 unspecified atom stereocenters. The lowest BCUT2D eigenvalue weighted by Gasteiger charge is -2.16. The van der Waals surface area contributed by atoms with Crippen molar-refractivity contribution in [2.75, 3.05) is 12.0 Å². The minimum Gasteiger partial charge on any atom is -0.480 e. The second-order valence-corrected chi connectivity index (χ2v) is 5.15. The lowest BCUT2D eigenvalue weighted by molar-refractivity contribution is -0.139. The molecule has 0 saturated heterocycles. The highest BCUT2D eigenvalue weighted by Crippen LogP contribution is 1.94. The lowest BCUT2D eigenvalue weighted by atomic mass is 10.2. The van der Waals surface area contributed by atoms with E-state index in [4.69, 9.17) is 5.11 Å². The largest absolute Gasteiger partial charge is 0.480 e. The van der Waals surface area contributed by atoms with Gasteiger partial charge in [0, 0.05) is 28.9 Å². The third-order valence-electron chi connectivity index (χ3n) is 1.87. The topological polar surface area (TPSA) is 95.5 Å². The molecular formula is C10H18N2O4S. The highest BCUT2D eigenvalue weighted by atomic mass is 32.2. The van der Waals surface area contributed by atoms with Crippen LogP contribution in [-0.2, 0) is 15.6 Å². The molecule has 6 nitrogen and oxygen atoms in total. The van der Waals surface area contributed by atoms with Gasteiger partial charge in [-0.3, -0.25) is 4.21 Å². The van der Waals surface area contributed by atoms with Gasteiger partial charge >= 0.3 is 12.0 Å². The van der Waals surface area contributed by atoms with Crippen LogP contribution >= 0.6 is 0 Å². The Kier molecular flexibility index (Phi) is 7.20. The first-order chi connectivity index (χ1) is 7.86. The molecule has 0 radical (unpaired) electrons. The van der Waals surface area contributed by atoms with Crippen molar-refractivity contribution in [3.05, 3.63) is 12.7 Å². The molecule has 0 spiro atoms. The van der Waals surface area contributed by atoms with E-state index in [9.17, 15) is 13.8 Å². The number of urea groups is 1. The summed E-state index contributed by atoms with van der Waals surface area (Å²) in [6.45, 7) is 5.11. The van der Waals surface area contributed by atoms with Gasteiger partial charge in [-0.05, 0) is 13.3 Å². The SMILES string of the molecule is C=CCC(NC(=O)NC(C)CS(C)=O)C(=O)O. The van der Waals surface area contributed by atoms with Gasteiger partial charge < -0.3 is 15.7 Å². The molecule has 0 aliphatic carbocycles. The van der Waals surface area contributed by atoms with Gasteiger partial charge in [0.25, 0.3) is 0 Å². The third-order valence-corrected chi connectivity index (χ3v) is 2.84. The summed E-state index contributed by atoms with van der Waals surface area (Å²) in [6.07, 6.45) is 3.11. The van der Waals surface area contributed by atoms with Crippen molar-refractivity contribution < 1.29 is 18.9 Å². The van der Waals surface area contributed by atoms with Gasteiger partial charge in [-0.15, -0.1) is 6.58 Å². The van der Waals surface area contributed by atoms with E-state index in [1.807, 2.05) is 0 Å². The summed E-state index contributed by atoms with van der Waals surface area (Å²) in [5.41, 5.74) is 0. The molecule has 7 heteroatoms. The molecule has 0 aromatic carbocycles. The molecular weight excluding hydrogens is 244 g/mol. The fourth-order valence-corrected chi connectivity index (χ4v) is 1.99. The van der Waals surface area contributed by atoms with E-state index in [2.05, 4.69) is 17.2 Å². The van der Waals surface area contributed by atoms with Gasteiger partial charge in [0.1, 0.15) is 6.04 Å². The Morgan fingerprint density at radius 2 is 2.06 bits per heavy atom. The van der Waals surface area contributed by atoms with Gasteiger partial charge in [0.05, 0.1) is 0 Å². The Morgan fingerprint density at radius 1 is 1.47 bits per heavy atom. The van der Waals surface area contributed by atoms with E-state index < -0.39 is 28.8 Å². The molecule has 98 valence electrons. The second kappa shape index (κ2) is 7.83. The van der Waals surface area contributed by atoms with Crippen LogP contribution in [-0.4, -0.2) is 45.4 Å². The fourth-order valence-electron chi connectivity index (χ4n) is 1.21. The van der Waals surface area contributed by atoms with Crippen LogP contribution < -0.4 is 10.6 Å². The van der Waals surface area contributed by atoms with Crippen LogP contribution in [0.2, 0.25) is 0 Å². The summed E-state index contributed by atoms with van der Waals surface area (Å²) >= 11 is 0. The first-order valence-electron chi connectivity index (χ1n) is 5.07. The minimum absolute atomic E-state index is 0.150. The van der Waals surface area contributed by atoms with Gasteiger partial charge in [0.15, 0.2) is 0 Å². The molecule has 0 rings (SSSR count). The van der Waals surface area contributed by atoms with Crippen LogP contribution in [0.25, 0.3) is 0 Å². The first kappa shape index (κ1) is 15.6. The van der Waals surface area contributed by atoms with Gasteiger partial charge in [-0.1, -0.05) is 6.08 Å². The Balaban J connectivity index is 4.18. The molecule has 3 atom stereocenters. The normalized spacial score (nSPS) is 15.4. The number of hydrogen-bond acceptors (Lipinski definition) is 3. The maximum Gasteiger partial charge on any atom is 0.326 e. The van der Waals surface area contributed by atoms with Crippen LogP contribution in [0.3, 0.4) is 0 Å². The van der Waals surface area contributed by atoms with Crippen LogP contribution in [0.5, 0.6) is 0 Å². The van der Waals surface area contributed by atoms with E-state index in [-0.39, 0.29) is 12.5 Å². The maximum absolute atomic E-state index is 11.4. The van der Waals surface area contributed by atoms with Gasteiger partial charge in [0.2, 0.25) is 0 Å². The summed E-state index contributed by atoms with van der Waals surface area (Å²) in [5.74, 6) is -0.793. The van der Waals surface area contributed by atoms with Gasteiger partial charge in [-0.25, -0.2) is 9.59 Å². The average Bonchev–Trinajstić information content (AvgIpc) is 2.14. The van der Waals surface area contributed by atoms with E-state index in [1.165, 1.54) is 12.3 Å². The lowest BCUT2D eigenvalue weighted by Crippen LogP contribution is -2.49. The third kappa shape index (κ3) is 7.51. The van der Waals surface area contributed by atoms with E-state index in [0.29, 0.717) is 5.75 Å². The number of carbonyl (C=O) groups excluding carboxylic acids is 1. The van der Waals surface area contributed by atoms with Crippen molar-refractivity contribution in [3.8, 4) is 0 Å². The molecule has 0 bridgehead atoms. The summed E-state index contributed by atoms with van der Waals surface area (Å²) in [4.78, 5) is 22.2. The van der Waals surface area contributed by atoms with E-state index in [0.717, 1.165) is 0 Å². The Labute approximate surface area is 103 Å². The van der Waals surface area contributed by atoms with Crippen molar-refractivity contribution in [3.63, 3.8) is 0 Å². The number of carbonyl (C=O) groups is 2. The average molecular weight is 262 g/mol. The molecule has 3 N–H and O–H groups in total. The predicted octanol–water partition coefficient (Wildman–Crippen LogP) is 0.0819. The molecule has 17 heavy (non-hydrogen) atoms. The molecule has 0 saturated carbocycles. The maximum atomic E-state index is 11.4. The molecule has 0 aromatic heterocycles. The Morgan fingerprint density at radius 3 is 2.47 bits per heavy atom. The molecule has 0 aliphatic rings. The summed E-state index contributed by atoms with van der Waals surface area (Å²) in [6, 6.07) is -1.86. The van der Waals surface area contributed by atoms with Crippen molar-refractivity contribution in [2.24, 2.45) is 0 Å². The monoisotopic (exact) mass is 262 g/mol. The first-order valence-corrected chi connectivity index (χ1v) is 6.80. The van der Waals surface area contributed by atoms with Crippen LogP contribution in [0.1, 0.15) is 13.3 Å². The number of carboxylic acid groups (broad SMARTS) is 1. The quantitative estimate of drug-likeness (QED) is 0.566. The molecule has 0 aromatic rings. The van der Waals surface area contributed by atoms with Crippen LogP contribution in [0, 0.1) is 0 Å². The summed E-state index contributed by atoms with van der Waals surface area (Å²) < 4.78 is 10.9.